The summed E-state index contributed by atoms with van der Waals surface area (Å²) in [5, 5.41) is 2.91. The van der Waals surface area contributed by atoms with Crippen molar-refractivity contribution in [1.29, 1.82) is 0 Å². The minimum Gasteiger partial charge on any atom is -0.457 e. The standard InChI is InChI=1S/C32H32N8O3/c33-29(41)28(12-6-16-37-32(34)35)40-27-14-13-23(31(42)38-20-21-7-5-15-36-19-21)18-26(27)39-30(40)22-8-4-11-25(17-22)43-24-9-2-1-3-10-24/h1-5,7-11,13-15,17-19,28H,6,12,16,20H2,(H2,33,41)(H,38,42)(H4,34,35,37)/t28-/m0/s1. The first kappa shape index (κ1) is 28.8. The number of nitrogens with two attached hydrogens (primary N) is 3. The largest absolute Gasteiger partial charge is 0.457 e. The van der Waals surface area contributed by atoms with E-state index in [9.17, 15) is 9.59 Å². The van der Waals surface area contributed by atoms with Crippen LogP contribution < -0.4 is 27.3 Å². The average molecular weight is 577 g/mol. The predicted octanol–water partition coefficient (Wildman–Crippen LogP) is 3.90. The van der Waals surface area contributed by atoms with Gasteiger partial charge in [-0.1, -0.05) is 36.4 Å². The number of aromatic nitrogens is 3. The maximum absolute atomic E-state index is 13.0. The number of carbonyl (C=O) groups excluding carboxylic acids is 2. The summed E-state index contributed by atoms with van der Waals surface area (Å²) in [6.45, 7) is 0.674. The van der Waals surface area contributed by atoms with E-state index in [-0.39, 0.29) is 11.9 Å². The molecule has 0 aliphatic heterocycles. The molecular weight excluding hydrogens is 544 g/mol. The van der Waals surface area contributed by atoms with Crippen molar-refractivity contribution in [2.24, 2.45) is 22.2 Å². The highest BCUT2D eigenvalue weighted by molar-refractivity contribution is 5.98. The molecule has 3 aromatic carbocycles. The third kappa shape index (κ3) is 7.14. The monoisotopic (exact) mass is 576 g/mol. The predicted molar refractivity (Wildman–Crippen MR) is 165 cm³/mol. The highest BCUT2D eigenvalue weighted by Crippen LogP contribution is 2.33. The van der Waals surface area contributed by atoms with Gasteiger partial charge in [0.1, 0.15) is 23.4 Å². The van der Waals surface area contributed by atoms with Gasteiger partial charge in [-0.05, 0) is 66.9 Å². The SMILES string of the molecule is NC(=O)[C@H](CCCN=C(N)N)n1c(-c2cccc(Oc3ccccc3)c2)nc2cc(C(=O)NCc3cccnc3)ccc21. The number of guanidine groups is 1. The van der Waals surface area contributed by atoms with Crippen LogP contribution in [0.5, 0.6) is 11.5 Å². The fraction of sp³-hybridized carbons (Fsp3) is 0.156. The first-order chi connectivity index (χ1) is 20.9. The summed E-state index contributed by atoms with van der Waals surface area (Å²) in [5.41, 5.74) is 20.1. The van der Waals surface area contributed by atoms with Crippen molar-refractivity contribution in [2.45, 2.75) is 25.4 Å². The zero-order valence-electron chi connectivity index (χ0n) is 23.4. The van der Waals surface area contributed by atoms with E-state index in [0.717, 1.165) is 5.56 Å². The molecule has 218 valence electrons. The summed E-state index contributed by atoms with van der Waals surface area (Å²) >= 11 is 0. The number of carbonyl (C=O) groups is 2. The van der Waals surface area contributed by atoms with Crippen LogP contribution in [0.3, 0.4) is 0 Å². The molecule has 0 saturated heterocycles. The zero-order chi connectivity index (χ0) is 30.2. The second-order valence-corrected chi connectivity index (χ2v) is 9.86. The third-order valence-corrected chi connectivity index (χ3v) is 6.77. The van der Waals surface area contributed by atoms with E-state index in [2.05, 4.69) is 15.3 Å². The van der Waals surface area contributed by atoms with Crippen LogP contribution in [0.4, 0.5) is 0 Å². The number of pyridine rings is 1. The van der Waals surface area contributed by atoms with Crippen molar-refractivity contribution in [1.82, 2.24) is 19.9 Å². The Morgan fingerprint density at radius 3 is 2.49 bits per heavy atom. The van der Waals surface area contributed by atoms with E-state index < -0.39 is 11.9 Å². The number of imidazole rings is 1. The molecule has 5 rings (SSSR count). The van der Waals surface area contributed by atoms with Gasteiger partial charge in [0.25, 0.3) is 5.91 Å². The van der Waals surface area contributed by atoms with Crippen molar-refractivity contribution >= 4 is 28.8 Å². The minimum atomic E-state index is -0.752. The van der Waals surface area contributed by atoms with E-state index in [1.54, 1.807) is 30.6 Å². The zero-order valence-corrected chi connectivity index (χ0v) is 23.4. The van der Waals surface area contributed by atoms with Crippen molar-refractivity contribution in [2.75, 3.05) is 6.54 Å². The maximum Gasteiger partial charge on any atom is 0.251 e. The van der Waals surface area contributed by atoms with Crippen molar-refractivity contribution in [3.8, 4) is 22.9 Å². The molecule has 43 heavy (non-hydrogen) atoms. The summed E-state index contributed by atoms with van der Waals surface area (Å²) < 4.78 is 7.87. The van der Waals surface area contributed by atoms with Gasteiger partial charge in [0, 0.05) is 36.6 Å². The normalized spacial score (nSPS) is 11.5. The number of amides is 2. The van der Waals surface area contributed by atoms with Gasteiger partial charge in [0.2, 0.25) is 5.91 Å². The van der Waals surface area contributed by atoms with Gasteiger partial charge in [0.15, 0.2) is 5.96 Å². The van der Waals surface area contributed by atoms with Crippen LogP contribution in [0.1, 0.15) is 34.8 Å². The van der Waals surface area contributed by atoms with Gasteiger partial charge >= 0.3 is 0 Å². The summed E-state index contributed by atoms with van der Waals surface area (Å²) in [6.07, 6.45) is 4.26. The minimum absolute atomic E-state index is 0.0195. The highest BCUT2D eigenvalue weighted by atomic mass is 16.5. The van der Waals surface area contributed by atoms with Crippen LogP contribution >= 0.6 is 0 Å². The molecule has 0 bridgehead atoms. The number of para-hydroxylation sites is 1. The average Bonchev–Trinajstić information content (AvgIpc) is 3.39. The Balaban J connectivity index is 1.52. The molecule has 2 amide bonds. The number of nitrogens with one attached hydrogen (secondary N) is 1. The van der Waals surface area contributed by atoms with Crippen molar-refractivity contribution in [3.05, 3.63) is 108 Å². The third-order valence-electron chi connectivity index (χ3n) is 6.77. The number of ether oxygens (including phenoxy) is 1. The lowest BCUT2D eigenvalue weighted by molar-refractivity contribution is -0.121. The highest BCUT2D eigenvalue weighted by Gasteiger charge is 2.25. The molecule has 2 heterocycles. The van der Waals surface area contributed by atoms with Crippen LogP contribution in [0.15, 0.2) is 102 Å². The molecule has 0 spiro atoms. The van der Waals surface area contributed by atoms with Crippen molar-refractivity contribution < 1.29 is 14.3 Å². The molecule has 0 fully saturated rings. The van der Waals surface area contributed by atoms with Crippen LogP contribution in [-0.4, -0.2) is 38.9 Å². The fourth-order valence-electron chi connectivity index (χ4n) is 4.76. The Morgan fingerprint density at radius 2 is 1.74 bits per heavy atom. The molecule has 0 radical (unpaired) electrons. The van der Waals surface area contributed by atoms with E-state index in [4.69, 9.17) is 26.9 Å². The topological polar surface area (TPSA) is 177 Å². The van der Waals surface area contributed by atoms with Crippen LogP contribution in [0, 0.1) is 0 Å². The van der Waals surface area contributed by atoms with Gasteiger partial charge < -0.3 is 31.8 Å². The Labute approximate surface area is 248 Å². The summed E-state index contributed by atoms with van der Waals surface area (Å²) in [4.78, 5) is 38.9. The lowest BCUT2D eigenvalue weighted by atomic mass is 10.1. The van der Waals surface area contributed by atoms with Crippen LogP contribution in [0.2, 0.25) is 0 Å². The Bertz CT molecular complexity index is 1750. The molecule has 7 N–H and O–H groups in total. The number of hydrogen-bond donors (Lipinski definition) is 4. The summed E-state index contributed by atoms with van der Waals surface area (Å²) in [7, 11) is 0. The molecule has 2 aromatic heterocycles. The van der Waals surface area contributed by atoms with Gasteiger partial charge in [-0.25, -0.2) is 4.98 Å². The number of rotatable bonds is 12. The Morgan fingerprint density at radius 1 is 0.930 bits per heavy atom. The molecular formula is C32H32N8O3. The number of aliphatic imine (C=N–C) groups is 1. The summed E-state index contributed by atoms with van der Waals surface area (Å²) in [5.74, 6) is 0.982. The number of fused-ring (bicyclic) bond motifs is 1. The van der Waals surface area contributed by atoms with Gasteiger partial charge in [0.05, 0.1) is 11.0 Å². The van der Waals surface area contributed by atoms with Gasteiger partial charge in [-0.3, -0.25) is 19.6 Å². The number of nitrogens with zero attached hydrogens (tertiary/aromatic N) is 4. The smallest absolute Gasteiger partial charge is 0.251 e. The number of benzene rings is 3. The Kier molecular flexibility index (Phi) is 8.91. The molecule has 0 aliphatic carbocycles. The van der Waals surface area contributed by atoms with Gasteiger partial charge in [-0.2, -0.15) is 0 Å². The molecule has 11 nitrogen and oxygen atoms in total. The van der Waals surface area contributed by atoms with Crippen LogP contribution in [-0.2, 0) is 11.3 Å². The van der Waals surface area contributed by atoms with E-state index in [1.165, 1.54) is 0 Å². The van der Waals surface area contributed by atoms with Crippen LogP contribution in [0.25, 0.3) is 22.4 Å². The van der Waals surface area contributed by atoms with E-state index >= 15 is 0 Å². The molecule has 11 heteroatoms. The number of primary amides is 1. The number of hydrogen-bond acceptors (Lipinski definition) is 6. The lowest BCUT2D eigenvalue weighted by Crippen LogP contribution is -2.27. The van der Waals surface area contributed by atoms with E-state index in [1.807, 2.05) is 71.3 Å². The second-order valence-electron chi connectivity index (χ2n) is 9.86. The fourth-order valence-corrected chi connectivity index (χ4v) is 4.76. The molecule has 5 aromatic rings. The summed E-state index contributed by atoms with van der Waals surface area (Å²) in [6, 6.07) is 25.0. The maximum atomic E-state index is 13.0. The molecule has 0 saturated carbocycles. The first-order valence-electron chi connectivity index (χ1n) is 13.8. The van der Waals surface area contributed by atoms with E-state index in [0.29, 0.717) is 65.4 Å². The quantitative estimate of drug-likeness (QED) is 0.0988. The Hall–Kier alpha value is -5.71. The second kappa shape index (κ2) is 13.3. The first-order valence-corrected chi connectivity index (χ1v) is 13.8. The van der Waals surface area contributed by atoms with Gasteiger partial charge in [-0.15, -0.1) is 0 Å². The molecule has 1 atom stereocenters. The van der Waals surface area contributed by atoms with Crippen molar-refractivity contribution in [3.63, 3.8) is 0 Å². The molecule has 0 unspecified atom stereocenters. The lowest BCUT2D eigenvalue weighted by Gasteiger charge is -2.19. The molecule has 0 aliphatic rings.